The molecule has 2 saturated carbocycles. The van der Waals surface area contributed by atoms with Crippen molar-refractivity contribution >= 4 is 0 Å². The van der Waals surface area contributed by atoms with Crippen molar-refractivity contribution in [2.75, 3.05) is 0 Å². The lowest BCUT2D eigenvalue weighted by Crippen LogP contribution is -2.34. The van der Waals surface area contributed by atoms with Crippen molar-refractivity contribution in [1.29, 1.82) is 0 Å². The van der Waals surface area contributed by atoms with Gasteiger partial charge in [0.1, 0.15) is 0 Å². The van der Waals surface area contributed by atoms with Crippen LogP contribution in [-0.4, -0.2) is 22.4 Å². The van der Waals surface area contributed by atoms with Crippen molar-refractivity contribution in [3.05, 3.63) is 0 Å². The maximum atomic E-state index is 10.0. The fourth-order valence-corrected chi connectivity index (χ4v) is 7.49. The molecule has 6 atom stereocenters. The molecule has 2 aliphatic rings. The average Bonchev–Trinajstić information content (AvgIpc) is 2.65. The van der Waals surface area contributed by atoms with E-state index in [-0.39, 0.29) is 12.2 Å². The van der Waals surface area contributed by atoms with E-state index in [4.69, 9.17) is 0 Å². The minimum Gasteiger partial charge on any atom is -0.393 e. The van der Waals surface area contributed by atoms with Gasteiger partial charge in [0.15, 0.2) is 0 Å². The van der Waals surface area contributed by atoms with E-state index in [1.54, 1.807) is 0 Å². The molecule has 204 valence electrons. The van der Waals surface area contributed by atoms with Crippen LogP contribution in [0.2, 0.25) is 0 Å². The van der Waals surface area contributed by atoms with Gasteiger partial charge >= 0.3 is 0 Å². The number of hydrogen-bond acceptors (Lipinski definition) is 2. The highest BCUT2D eigenvalue weighted by Crippen LogP contribution is 2.47. The summed E-state index contributed by atoms with van der Waals surface area (Å²) >= 11 is 0. The zero-order valence-electron chi connectivity index (χ0n) is 25.0. The third kappa shape index (κ3) is 11.3. The largest absolute Gasteiger partial charge is 0.393 e. The second-order valence-electron chi connectivity index (χ2n) is 14.7. The minimum atomic E-state index is -0.0834. The number of aliphatic hydroxyl groups excluding tert-OH is 2. The van der Waals surface area contributed by atoms with Crippen LogP contribution in [0.3, 0.4) is 0 Å². The molecule has 34 heavy (non-hydrogen) atoms. The van der Waals surface area contributed by atoms with Crippen LogP contribution < -0.4 is 0 Å². The highest BCUT2D eigenvalue weighted by Gasteiger charge is 2.37. The van der Waals surface area contributed by atoms with Gasteiger partial charge in [-0.25, -0.2) is 0 Å². The third-order valence-corrected chi connectivity index (χ3v) is 9.45. The standard InChI is InChI=1S/2C16H32O/c2*1-12(2)11-14(17)8-9-15-13(3)7-6-10-16(15,4)5/h2*12-15,17H,6-11H2,1-5H3/t13?,14?,15-;/m0./s1. The molecule has 2 nitrogen and oxygen atoms in total. The van der Waals surface area contributed by atoms with Gasteiger partial charge in [-0.15, -0.1) is 0 Å². The molecule has 0 amide bonds. The second kappa shape index (κ2) is 14.6. The van der Waals surface area contributed by atoms with E-state index in [0.717, 1.165) is 49.4 Å². The zero-order chi connectivity index (χ0) is 26.1. The average molecular weight is 481 g/mol. The monoisotopic (exact) mass is 480 g/mol. The Kier molecular flexibility index (Phi) is 13.7. The zero-order valence-corrected chi connectivity index (χ0v) is 25.0. The van der Waals surface area contributed by atoms with Crippen molar-refractivity contribution in [1.82, 2.24) is 0 Å². The fraction of sp³-hybridized carbons (Fsp3) is 1.00. The van der Waals surface area contributed by atoms with Crippen LogP contribution in [0, 0.1) is 46.3 Å². The molecule has 2 N–H and O–H groups in total. The lowest BCUT2D eigenvalue weighted by atomic mass is 9.62. The van der Waals surface area contributed by atoms with Crippen LogP contribution in [0.5, 0.6) is 0 Å². The van der Waals surface area contributed by atoms with Gasteiger partial charge in [-0.05, 0) is 97.7 Å². The molecular formula is C32H64O2. The van der Waals surface area contributed by atoms with Gasteiger partial charge in [0.2, 0.25) is 0 Å². The molecule has 0 radical (unpaired) electrons. The van der Waals surface area contributed by atoms with Gasteiger partial charge in [-0.2, -0.15) is 0 Å². The summed E-state index contributed by atoms with van der Waals surface area (Å²) in [7, 11) is 0. The third-order valence-electron chi connectivity index (χ3n) is 9.45. The molecule has 0 heterocycles. The lowest BCUT2D eigenvalue weighted by Gasteiger charge is -2.43. The predicted molar refractivity (Wildman–Crippen MR) is 150 cm³/mol. The van der Waals surface area contributed by atoms with Crippen LogP contribution in [0.15, 0.2) is 0 Å². The van der Waals surface area contributed by atoms with E-state index in [0.29, 0.717) is 22.7 Å². The van der Waals surface area contributed by atoms with Gasteiger partial charge in [-0.1, -0.05) is 94.9 Å². The van der Waals surface area contributed by atoms with Crippen LogP contribution in [0.1, 0.15) is 146 Å². The number of hydrogen-bond donors (Lipinski definition) is 2. The quantitative estimate of drug-likeness (QED) is 0.327. The first-order valence-electron chi connectivity index (χ1n) is 15.0. The minimum absolute atomic E-state index is 0.0834. The molecule has 0 aromatic rings. The topological polar surface area (TPSA) is 40.5 Å². The van der Waals surface area contributed by atoms with Gasteiger partial charge in [0.25, 0.3) is 0 Å². The lowest BCUT2D eigenvalue weighted by molar-refractivity contribution is 0.0533. The molecule has 0 saturated heterocycles. The van der Waals surface area contributed by atoms with E-state index in [9.17, 15) is 10.2 Å². The summed E-state index contributed by atoms with van der Waals surface area (Å²) in [5.41, 5.74) is 0.963. The highest BCUT2D eigenvalue weighted by molar-refractivity contribution is 4.88. The first-order chi connectivity index (χ1) is 15.7. The van der Waals surface area contributed by atoms with Crippen molar-refractivity contribution in [2.45, 2.75) is 158 Å². The Balaban J connectivity index is 0.000000340. The molecule has 5 unspecified atom stereocenters. The molecule has 2 aliphatic carbocycles. The molecule has 2 rings (SSSR count). The summed E-state index contributed by atoms with van der Waals surface area (Å²) in [6, 6.07) is 0. The Hall–Kier alpha value is -0.0800. The Morgan fingerprint density at radius 1 is 0.647 bits per heavy atom. The Labute approximate surface area is 215 Å². The fourth-order valence-electron chi connectivity index (χ4n) is 7.49. The maximum absolute atomic E-state index is 10.0. The van der Waals surface area contributed by atoms with Crippen LogP contribution in [-0.2, 0) is 0 Å². The molecular weight excluding hydrogens is 416 g/mol. The van der Waals surface area contributed by atoms with E-state index >= 15 is 0 Å². The Morgan fingerprint density at radius 3 is 1.24 bits per heavy atom. The molecule has 2 heteroatoms. The van der Waals surface area contributed by atoms with Crippen molar-refractivity contribution in [3.8, 4) is 0 Å². The first-order valence-corrected chi connectivity index (χ1v) is 15.0. The van der Waals surface area contributed by atoms with Crippen LogP contribution >= 0.6 is 0 Å². The number of rotatable bonds is 10. The van der Waals surface area contributed by atoms with Gasteiger partial charge in [0, 0.05) is 0 Å². The van der Waals surface area contributed by atoms with Crippen molar-refractivity contribution < 1.29 is 10.2 Å². The molecule has 0 aromatic carbocycles. The summed E-state index contributed by atoms with van der Waals surface area (Å²) in [5.74, 6) is 4.51. The highest BCUT2D eigenvalue weighted by atomic mass is 16.3. The van der Waals surface area contributed by atoms with Gasteiger partial charge in [-0.3, -0.25) is 0 Å². The molecule has 0 spiro atoms. The second-order valence-corrected chi connectivity index (χ2v) is 14.7. The van der Waals surface area contributed by atoms with Crippen molar-refractivity contribution in [2.24, 2.45) is 46.3 Å². The Bertz CT molecular complexity index is 487. The van der Waals surface area contributed by atoms with E-state index < -0.39 is 0 Å². The maximum Gasteiger partial charge on any atom is 0.0542 e. The summed E-state index contributed by atoms with van der Waals surface area (Å²) in [4.78, 5) is 0. The predicted octanol–water partition coefficient (Wildman–Crippen LogP) is 9.27. The van der Waals surface area contributed by atoms with E-state index in [1.807, 2.05) is 0 Å². The molecule has 0 aliphatic heterocycles. The summed E-state index contributed by atoms with van der Waals surface area (Å²) in [5, 5.41) is 20.0. The molecule has 0 bridgehead atoms. The van der Waals surface area contributed by atoms with Crippen LogP contribution in [0.4, 0.5) is 0 Å². The smallest absolute Gasteiger partial charge is 0.0542 e. The van der Waals surface area contributed by atoms with E-state index in [1.165, 1.54) is 51.4 Å². The summed E-state index contributed by atoms with van der Waals surface area (Å²) in [6.45, 7) is 23.2. The van der Waals surface area contributed by atoms with Gasteiger partial charge in [0.05, 0.1) is 12.2 Å². The molecule has 2 fully saturated rings. The van der Waals surface area contributed by atoms with E-state index in [2.05, 4.69) is 69.2 Å². The Morgan fingerprint density at radius 2 is 0.971 bits per heavy atom. The first kappa shape index (κ1) is 31.9. The van der Waals surface area contributed by atoms with Crippen molar-refractivity contribution in [3.63, 3.8) is 0 Å². The number of aliphatic hydroxyl groups is 2. The normalized spacial score (nSPS) is 30.5. The van der Waals surface area contributed by atoms with Gasteiger partial charge < -0.3 is 10.2 Å². The SMILES string of the molecule is CC(C)CC(O)CCC1C(C)CCCC1(C)C.CC(C)CC(O)CC[C@H]1C(C)CCCC1(C)C. The molecule has 0 aromatic heterocycles. The van der Waals surface area contributed by atoms with Crippen LogP contribution in [0.25, 0.3) is 0 Å². The summed E-state index contributed by atoms with van der Waals surface area (Å²) < 4.78 is 0. The summed E-state index contributed by atoms with van der Waals surface area (Å²) in [6.07, 6.45) is 14.4.